The van der Waals surface area contributed by atoms with Gasteiger partial charge in [0.1, 0.15) is 0 Å². The molecule has 0 saturated carbocycles. The van der Waals surface area contributed by atoms with Gasteiger partial charge in [-0.2, -0.15) is 0 Å². The van der Waals surface area contributed by atoms with Crippen molar-refractivity contribution in [2.24, 2.45) is 0 Å². The zero-order valence-electron chi connectivity index (χ0n) is 35.5. The van der Waals surface area contributed by atoms with Crippen LogP contribution < -0.4 is 0 Å². The van der Waals surface area contributed by atoms with E-state index < -0.39 is 0 Å². The van der Waals surface area contributed by atoms with E-state index in [0.717, 1.165) is 94.5 Å². The van der Waals surface area contributed by atoms with Crippen LogP contribution in [0, 0.1) is 13.1 Å². The SMILES string of the molecule is [C-]#[N+]c1ccc(-c2ccc3c(c2)c2ccccc2n3-c2cc(-c3nc(-c4ccccc4)cc(-c4ccccc4)n3)ccc2-c2ccccc2-n2c3ccccc3c3ccccc32)c([N+]#[C-])c1. The topological polar surface area (TPSA) is 44.4 Å². The van der Waals surface area contributed by atoms with Crippen molar-refractivity contribution >= 4 is 55.0 Å². The minimum atomic E-state index is 0.449. The van der Waals surface area contributed by atoms with Crippen LogP contribution in [0.25, 0.3) is 121 Å². The second kappa shape index (κ2) is 15.8. The Hall–Kier alpha value is -9.36. The molecule has 0 aliphatic rings. The van der Waals surface area contributed by atoms with Crippen LogP contribution >= 0.6 is 0 Å². The van der Waals surface area contributed by atoms with Gasteiger partial charge in [-0.3, -0.25) is 0 Å². The van der Waals surface area contributed by atoms with Crippen molar-refractivity contribution in [2.75, 3.05) is 0 Å². The number of benzene rings is 9. The number of hydrogen-bond acceptors (Lipinski definition) is 2. The Kier molecular flexibility index (Phi) is 9.16. The number of nitrogens with zero attached hydrogens (tertiary/aromatic N) is 6. The van der Waals surface area contributed by atoms with Gasteiger partial charge >= 0.3 is 0 Å². The van der Waals surface area contributed by atoms with E-state index in [0.29, 0.717) is 17.2 Å². The Labute approximate surface area is 381 Å². The summed E-state index contributed by atoms with van der Waals surface area (Å²) < 4.78 is 4.76. The fraction of sp³-hybridized carbons (Fsp3) is 0. The monoisotopic (exact) mass is 840 g/mol. The predicted octanol–water partition coefficient (Wildman–Crippen LogP) is 16.1. The van der Waals surface area contributed by atoms with Crippen LogP contribution in [0.5, 0.6) is 0 Å². The third kappa shape index (κ3) is 6.33. The van der Waals surface area contributed by atoms with Crippen LogP contribution in [-0.2, 0) is 0 Å². The second-order valence-electron chi connectivity index (χ2n) is 16.3. The van der Waals surface area contributed by atoms with E-state index in [1.165, 1.54) is 10.8 Å². The van der Waals surface area contributed by atoms with Crippen LogP contribution in [0.15, 0.2) is 218 Å². The Balaban J connectivity index is 1.15. The largest absolute Gasteiger partial charge is 0.309 e. The molecule has 0 aliphatic carbocycles. The highest BCUT2D eigenvalue weighted by atomic mass is 15.0. The van der Waals surface area contributed by atoms with E-state index in [9.17, 15) is 0 Å². The lowest BCUT2D eigenvalue weighted by molar-refractivity contribution is 1.15. The van der Waals surface area contributed by atoms with Crippen molar-refractivity contribution in [3.63, 3.8) is 0 Å². The summed E-state index contributed by atoms with van der Waals surface area (Å²) >= 11 is 0. The van der Waals surface area contributed by atoms with Crippen LogP contribution in [0.1, 0.15) is 0 Å². The molecule has 0 unspecified atom stereocenters. The molecule has 306 valence electrons. The van der Waals surface area contributed by atoms with Gasteiger partial charge in [0.25, 0.3) is 0 Å². The van der Waals surface area contributed by atoms with Crippen LogP contribution in [0.4, 0.5) is 11.4 Å². The number of fused-ring (bicyclic) bond motifs is 6. The zero-order valence-corrected chi connectivity index (χ0v) is 35.5. The van der Waals surface area contributed by atoms with Gasteiger partial charge in [-0.15, -0.1) is 0 Å². The zero-order chi connectivity index (χ0) is 44.1. The molecule has 6 heteroatoms. The molecular formula is C60H36N6. The van der Waals surface area contributed by atoms with E-state index >= 15 is 0 Å². The molecule has 9 aromatic carbocycles. The third-order valence-electron chi connectivity index (χ3n) is 12.6. The van der Waals surface area contributed by atoms with E-state index in [1.54, 1.807) is 12.1 Å². The van der Waals surface area contributed by atoms with Gasteiger partial charge in [-0.25, -0.2) is 19.7 Å². The van der Waals surface area contributed by atoms with E-state index in [2.05, 4.69) is 183 Å². The molecule has 66 heavy (non-hydrogen) atoms. The van der Waals surface area contributed by atoms with Crippen LogP contribution in [0.2, 0.25) is 0 Å². The Morgan fingerprint density at radius 2 is 0.833 bits per heavy atom. The maximum absolute atomic E-state index is 8.00. The molecule has 0 radical (unpaired) electrons. The van der Waals surface area contributed by atoms with E-state index in [1.807, 2.05) is 42.5 Å². The molecule has 12 aromatic rings. The molecule has 0 bridgehead atoms. The molecule has 6 nitrogen and oxygen atoms in total. The highest BCUT2D eigenvalue weighted by Crippen LogP contribution is 2.44. The van der Waals surface area contributed by atoms with E-state index in [4.69, 9.17) is 23.1 Å². The lowest BCUT2D eigenvalue weighted by Gasteiger charge is -2.20. The van der Waals surface area contributed by atoms with Crippen LogP contribution in [-0.4, -0.2) is 19.1 Å². The fourth-order valence-corrected chi connectivity index (χ4v) is 9.58. The quantitative estimate of drug-likeness (QED) is 0.150. The average molecular weight is 841 g/mol. The van der Waals surface area contributed by atoms with E-state index in [-0.39, 0.29) is 0 Å². The molecular weight excluding hydrogens is 805 g/mol. The fourth-order valence-electron chi connectivity index (χ4n) is 9.58. The van der Waals surface area contributed by atoms with Gasteiger partial charge in [0, 0.05) is 49.4 Å². The molecule has 0 aliphatic heterocycles. The first-order valence-corrected chi connectivity index (χ1v) is 21.8. The van der Waals surface area contributed by atoms with Crippen molar-refractivity contribution in [3.8, 4) is 67.5 Å². The maximum Gasteiger partial charge on any atom is 0.184 e. The summed E-state index contributed by atoms with van der Waals surface area (Å²) in [6.45, 7) is 15.6. The minimum Gasteiger partial charge on any atom is -0.309 e. The number of para-hydroxylation sites is 4. The first kappa shape index (κ1) is 38.3. The lowest BCUT2D eigenvalue weighted by atomic mass is 9.98. The highest BCUT2D eigenvalue weighted by molar-refractivity contribution is 6.12. The second-order valence-corrected chi connectivity index (χ2v) is 16.3. The summed E-state index contributed by atoms with van der Waals surface area (Å²) in [5.74, 6) is 0.622. The molecule has 0 spiro atoms. The van der Waals surface area contributed by atoms with Gasteiger partial charge in [0.15, 0.2) is 17.2 Å². The normalized spacial score (nSPS) is 11.3. The smallest absolute Gasteiger partial charge is 0.184 e. The molecule has 3 heterocycles. The first-order valence-electron chi connectivity index (χ1n) is 21.8. The van der Waals surface area contributed by atoms with Gasteiger partial charge in [0.05, 0.1) is 58.0 Å². The van der Waals surface area contributed by atoms with Crippen molar-refractivity contribution in [1.29, 1.82) is 0 Å². The van der Waals surface area contributed by atoms with Crippen LogP contribution in [0.3, 0.4) is 0 Å². The molecule has 0 fully saturated rings. The van der Waals surface area contributed by atoms with Gasteiger partial charge < -0.3 is 9.13 Å². The Morgan fingerprint density at radius 3 is 1.45 bits per heavy atom. The molecule has 0 atom stereocenters. The number of hydrogen-bond donors (Lipinski definition) is 0. The van der Waals surface area contributed by atoms with Crippen molar-refractivity contribution in [2.45, 2.75) is 0 Å². The van der Waals surface area contributed by atoms with Gasteiger partial charge in [-0.05, 0) is 59.7 Å². The molecule has 0 amide bonds. The first-order chi connectivity index (χ1) is 32.6. The average Bonchev–Trinajstić information content (AvgIpc) is 3.91. The summed E-state index contributed by atoms with van der Waals surface area (Å²) in [5, 5.41) is 4.53. The van der Waals surface area contributed by atoms with Gasteiger partial charge in [0.2, 0.25) is 0 Å². The maximum atomic E-state index is 8.00. The van der Waals surface area contributed by atoms with Gasteiger partial charge in [-0.1, -0.05) is 170 Å². The minimum absolute atomic E-state index is 0.449. The molecule has 0 N–H and O–H groups in total. The summed E-state index contributed by atoms with van der Waals surface area (Å²) in [6.07, 6.45) is 0. The summed E-state index contributed by atoms with van der Waals surface area (Å²) in [5.41, 5.74) is 15.7. The number of aromatic nitrogens is 4. The highest BCUT2D eigenvalue weighted by Gasteiger charge is 2.22. The molecule has 12 rings (SSSR count). The number of rotatable bonds is 7. The summed E-state index contributed by atoms with van der Waals surface area (Å²) in [6, 6.07) is 75.5. The predicted molar refractivity (Wildman–Crippen MR) is 270 cm³/mol. The van der Waals surface area contributed by atoms with Crippen molar-refractivity contribution in [1.82, 2.24) is 19.1 Å². The third-order valence-corrected chi connectivity index (χ3v) is 12.6. The lowest BCUT2D eigenvalue weighted by Crippen LogP contribution is -2.03. The Morgan fingerprint density at radius 1 is 0.333 bits per heavy atom. The standard InChI is InChI=1S/C60H36N6/c1-61-43-31-33-44(53(37-43)62-2)41-30-34-58-50(35-41)48-24-12-16-28-57(48)66(58)59-36-42(60-63-51(39-17-5-3-6-18-39)38-52(64-60)40-19-7-4-8-20-40)29-32-49(59)47-23-11-15-27-56(47)65-54-25-13-9-21-45(54)46-22-10-14-26-55(46)65/h3-38H. The molecule has 0 saturated heterocycles. The van der Waals surface area contributed by atoms with Crippen molar-refractivity contribution < 1.29 is 0 Å². The molecule has 3 aromatic heterocycles. The van der Waals surface area contributed by atoms with Crippen molar-refractivity contribution in [3.05, 3.63) is 241 Å². The summed E-state index contributed by atoms with van der Waals surface area (Å²) in [7, 11) is 0. The summed E-state index contributed by atoms with van der Waals surface area (Å²) in [4.78, 5) is 18.0. The Bertz CT molecular complexity index is 3850.